The Balaban J connectivity index is 2.00. The highest BCUT2D eigenvalue weighted by molar-refractivity contribution is 7.90. The summed E-state index contributed by atoms with van der Waals surface area (Å²) in [5, 5.41) is 8.05. The molecule has 0 amide bonds. The van der Waals surface area contributed by atoms with Crippen LogP contribution in [0.1, 0.15) is 6.92 Å². The molecule has 9 heteroatoms. The van der Waals surface area contributed by atoms with E-state index in [4.69, 9.17) is 0 Å². The van der Waals surface area contributed by atoms with Gasteiger partial charge >= 0.3 is 10.2 Å². The fourth-order valence-corrected chi connectivity index (χ4v) is 2.62. The van der Waals surface area contributed by atoms with Crippen LogP contribution in [0.5, 0.6) is 0 Å². The van der Waals surface area contributed by atoms with E-state index in [2.05, 4.69) is 31.6 Å². The summed E-state index contributed by atoms with van der Waals surface area (Å²) in [4.78, 5) is 4.53. The number of aromatic nitrogens is 2. The molecular weight excluding hydrogens is 292 g/mol. The second kappa shape index (κ2) is 6.54. The van der Waals surface area contributed by atoms with Crippen molar-refractivity contribution in [3.63, 3.8) is 0 Å². The van der Waals surface area contributed by atoms with Crippen LogP contribution >= 0.6 is 0 Å². The Kier molecular flexibility index (Phi) is 4.96. The molecular formula is C12H22N6O2S. The molecule has 118 valence electrons. The normalized spacial score (nSPS) is 17.2. The molecule has 0 bridgehead atoms. The highest BCUT2D eigenvalue weighted by Crippen LogP contribution is 2.15. The average Bonchev–Trinajstić information content (AvgIpc) is 2.48. The van der Waals surface area contributed by atoms with Gasteiger partial charge in [-0.15, -0.1) is 10.2 Å². The Morgan fingerprint density at radius 3 is 2.33 bits per heavy atom. The minimum absolute atomic E-state index is 0.222. The lowest BCUT2D eigenvalue weighted by molar-refractivity contribution is 0.270. The number of anilines is 2. The smallest absolute Gasteiger partial charge is 0.302 e. The van der Waals surface area contributed by atoms with E-state index in [0.29, 0.717) is 0 Å². The van der Waals surface area contributed by atoms with Crippen molar-refractivity contribution in [1.29, 1.82) is 0 Å². The predicted octanol–water partition coefficient (Wildman–Crippen LogP) is -0.163. The van der Waals surface area contributed by atoms with Gasteiger partial charge in [0.1, 0.15) is 0 Å². The molecule has 1 N–H and O–H groups in total. The highest BCUT2D eigenvalue weighted by Gasteiger charge is 2.18. The number of nitrogens with zero attached hydrogens (tertiary/aromatic N) is 5. The van der Waals surface area contributed by atoms with Gasteiger partial charge in [0, 0.05) is 40.3 Å². The van der Waals surface area contributed by atoms with Gasteiger partial charge in [-0.1, -0.05) is 6.92 Å². The first-order chi connectivity index (χ1) is 9.92. The summed E-state index contributed by atoms with van der Waals surface area (Å²) in [5.74, 6) is 0.998. The molecule has 1 aromatic heterocycles. The van der Waals surface area contributed by atoms with E-state index in [1.807, 2.05) is 0 Å². The summed E-state index contributed by atoms with van der Waals surface area (Å²) in [5.41, 5.74) is 0. The maximum Gasteiger partial charge on any atom is 0.302 e. The molecule has 0 saturated carbocycles. The monoisotopic (exact) mass is 314 g/mol. The molecule has 0 radical (unpaired) electrons. The van der Waals surface area contributed by atoms with E-state index in [-0.39, 0.29) is 5.82 Å². The molecule has 0 aliphatic carbocycles. The van der Waals surface area contributed by atoms with Crippen molar-refractivity contribution < 1.29 is 8.42 Å². The summed E-state index contributed by atoms with van der Waals surface area (Å²) in [6.45, 7) is 7.04. The molecule has 1 aliphatic rings. The van der Waals surface area contributed by atoms with Crippen molar-refractivity contribution in [3.05, 3.63) is 12.1 Å². The second-order valence-corrected chi connectivity index (χ2v) is 6.97. The largest absolute Gasteiger partial charge is 0.353 e. The van der Waals surface area contributed by atoms with Gasteiger partial charge in [-0.2, -0.15) is 12.7 Å². The van der Waals surface area contributed by atoms with Crippen LogP contribution in [0.4, 0.5) is 11.6 Å². The maximum absolute atomic E-state index is 11.7. The lowest BCUT2D eigenvalue weighted by atomic mass is 10.3. The van der Waals surface area contributed by atoms with E-state index in [0.717, 1.165) is 42.8 Å². The molecule has 1 aliphatic heterocycles. The molecule has 1 fully saturated rings. The molecule has 0 spiro atoms. The van der Waals surface area contributed by atoms with E-state index in [1.165, 1.54) is 14.1 Å². The van der Waals surface area contributed by atoms with E-state index in [1.54, 1.807) is 12.1 Å². The van der Waals surface area contributed by atoms with E-state index < -0.39 is 10.2 Å². The quantitative estimate of drug-likeness (QED) is 0.813. The Bertz CT molecular complexity index is 552. The highest BCUT2D eigenvalue weighted by atomic mass is 32.2. The fourth-order valence-electron chi connectivity index (χ4n) is 2.06. The Morgan fingerprint density at radius 1 is 1.19 bits per heavy atom. The van der Waals surface area contributed by atoms with Gasteiger partial charge in [0.05, 0.1) is 0 Å². The SMILES string of the molecule is CCN1CCN(c2ccc(NS(=O)(=O)N(C)C)nn2)CC1. The molecule has 0 unspecified atom stereocenters. The molecule has 21 heavy (non-hydrogen) atoms. The number of hydrogen-bond acceptors (Lipinski definition) is 6. The molecule has 1 saturated heterocycles. The number of hydrogen-bond donors (Lipinski definition) is 1. The van der Waals surface area contributed by atoms with Gasteiger partial charge in [0.15, 0.2) is 11.6 Å². The third-order valence-corrected chi connectivity index (χ3v) is 4.94. The maximum atomic E-state index is 11.7. The van der Waals surface area contributed by atoms with Crippen LogP contribution < -0.4 is 9.62 Å². The summed E-state index contributed by atoms with van der Waals surface area (Å²) >= 11 is 0. The van der Waals surface area contributed by atoms with E-state index >= 15 is 0 Å². The van der Waals surface area contributed by atoms with Crippen molar-refractivity contribution >= 4 is 21.8 Å². The third kappa shape index (κ3) is 4.02. The van der Waals surface area contributed by atoms with Gasteiger partial charge in [-0.05, 0) is 18.7 Å². The lowest BCUT2D eigenvalue weighted by Gasteiger charge is -2.34. The Morgan fingerprint density at radius 2 is 1.86 bits per heavy atom. The Hall–Kier alpha value is -1.45. The zero-order valence-electron chi connectivity index (χ0n) is 12.7. The molecule has 2 rings (SSSR count). The number of likely N-dealkylation sites (N-methyl/N-ethyl adjacent to an activating group) is 1. The van der Waals surface area contributed by atoms with Crippen LogP contribution in [0.2, 0.25) is 0 Å². The van der Waals surface area contributed by atoms with Gasteiger partial charge < -0.3 is 9.80 Å². The third-order valence-electron chi connectivity index (χ3n) is 3.51. The summed E-state index contributed by atoms with van der Waals surface area (Å²) in [7, 11) is -0.628. The summed E-state index contributed by atoms with van der Waals surface area (Å²) in [6.07, 6.45) is 0. The van der Waals surface area contributed by atoms with Gasteiger partial charge in [-0.3, -0.25) is 4.72 Å². The molecule has 8 nitrogen and oxygen atoms in total. The van der Waals surface area contributed by atoms with Crippen LogP contribution in [0, 0.1) is 0 Å². The van der Waals surface area contributed by atoms with Crippen LogP contribution in [-0.2, 0) is 10.2 Å². The van der Waals surface area contributed by atoms with Crippen LogP contribution in [0.15, 0.2) is 12.1 Å². The average molecular weight is 314 g/mol. The van der Waals surface area contributed by atoms with E-state index in [9.17, 15) is 8.42 Å². The minimum atomic E-state index is -3.54. The Labute approximate surface area is 125 Å². The number of nitrogens with one attached hydrogen (secondary N) is 1. The zero-order chi connectivity index (χ0) is 15.5. The van der Waals surface area contributed by atoms with Crippen molar-refractivity contribution in [3.8, 4) is 0 Å². The predicted molar refractivity (Wildman–Crippen MR) is 82.6 cm³/mol. The van der Waals surface area contributed by atoms with Crippen LogP contribution in [0.25, 0.3) is 0 Å². The summed E-state index contributed by atoms with van der Waals surface area (Å²) < 4.78 is 26.8. The van der Waals surface area contributed by atoms with Crippen LogP contribution in [-0.4, -0.2) is 74.6 Å². The topological polar surface area (TPSA) is 81.7 Å². The molecule has 1 aromatic rings. The molecule has 2 heterocycles. The van der Waals surface area contributed by atoms with Crippen molar-refractivity contribution in [2.24, 2.45) is 0 Å². The van der Waals surface area contributed by atoms with Gasteiger partial charge in [-0.25, -0.2) is 0 Å². The first-order valence-corrected chi connectivity index (χ1v) is 8.37. The lowest BCUT2D eigenvalue weighted by Crippen LogP contribution is -2.46. The number of piperazine rings is 1. The van der Waals surface area contributed by atoms with Crippen molar-refractivity contribution in [2.45, 2.75) is 6.92 Å². The van der Waals surface area contributed by atoms with Crippen molar-refractivity contribution in [1.82, 2.24) is 19.4 Å². The fraction of sp³-hybridized carbons (Fsp3) is 0.667. The summed E-state index contributed by atoms with van der Waals surface area (Å²) in [6, 6.07) is 3.43. The van der Waals surface area contributed by atoms with Gasteiger partial charge in [0.2, 0.25) is 0 Å². The first-order valence-electron chi connectivity index (χ1n) is 6.93. The number of rotatable bonds is 5. The van der Waals surface area contributed by atoms with Crippen LogP contribution in [0.3, 0.4) is 0 Å². The minimum Gasteiger partial charge on any atom is -0.353 e. The standard InChI is InChI=1S/C12H22N6O2S/c1-4-17-7-9-18(10-8-17)12-6-5-11(13-14-12)15-21(19,20)16(2)3/h5-6H,4,7-10H2,1-3H3,(H,13,15). The van der Waals surface area contributed by atoms with Gasteiger partial charge in [0.25, 0.3) is 0 Å². The first kappa shape index (κ1) is 15.9. The molecule has 0 atom stereocenters. The molecule has 0 aromatic carbocycles. The zero-order valence-corrected chi connectivity index (χ0v) is 13.5. The second-order valence-electron chi connectivity index (χ2n) is 5.09. The van der Waals surface area contributed by atoms with Crippen molar-refractivity contribution in [2.75, 3.05) is 56.4 Å².